The van der Waals surface area contributed by atoms with Crippen molar-refractivity contribution < 1.29 is 4.74 Å². The monoisotopic (exact) mass is 281 g/mol. The van der Waals surface area contributed by atoms with Crippen molar-refractivity contribution in [2.45, 2.75) is 39.2 Å². The molecule has 0 bridgehead atoms. The van der Waals surface area contributed by atoms with Gasteiger partial charge in [0.15, 0.2) is 0 Å². The van der Waals surface area contributed by atoms with Crippen LogP contribution in [0.5, 0.6) is 5.75 Å². The van der Waals surface area contributed by atoms with Crippen molar-refractivity contribution in [3.8, 4) is 5.75 Å². The molecule has 0 amide bonds. The highest BCUT2D eigenvalue weighted by molar-refractivity contribution is 5.56. The Hall–Kier alpha value is -1.96. The van der Waals surface area contributed by atoms with E-state index in [0.29, 0.717) is 6.61 Å². The van der Waals surface area contributed by atoms with Crippen LogP contribution in [0.25, 0.3) is 0 Å². The summed E-state index contributed by atoms with van der Waals surface area (Å²) in [7, 11) is 0. The lowest BCUT2D eigenvalue weighted by atomic mass is 9.90. The van der Waals surface area contributed by atoms with Gasteiger partial charge in [0, 0.05) is 12.2 Å². The van der Waals surface area contributed by atoms with E-state index in [1.54, 1.807) is 0 Å². The predicted octanol–water partition coefficient (Wildman–Crippen LogP) is 4.58. The minimum absolute atomic E-state index is 0.711. The molecule has 110 valence electrons. The van der Waals surface area contributed by atoms with Crippen LogP contribution >= 0.6 is 0 Å². The maximum Gasteiger partial charge on any atom is 0.119 e. The first-order valence-electron chi connectivity index (χ1n) is 7.93. The van der Waals surface area contributed by atoms with Crippen LogP contribution in [0.15, 0.2) is 42.5 Å². The summed E-state index contributed by atoms with van der Waals surface area (Å²) in [6.07, 6.45) is 5.07. The molecule has 0 fully saturated rings. The van der Waals surface area contributed by atoms with Gasteiger partial charge in [-0.05, 0) is 67.5 Å². The minimum atomic E-state index is 0.711. The first-order valence-corrected chi connectivity index (χ1v) is 7.93. The summed E-state index contributed by atoms with van der Waals surface area (Å²) in [5.74, 6) is 0.951. The number of ether oxygens (including phenoxy) is 1. The lowest BCUT2D eigenvalue weighted by Crippen LogP contribution is -2.08. The molecule has 2 aromatic rings. The number of benzene rings is 2. The van der Waals surface area contributed by atoms with E-state index in [-0.39, 0.29) is 0 Å². The molecule has 1 aliphatic rings. The Morgan fingerprint density at radius 3 is 2.81 bits per heavy atom. The maximum absolute atomic E-state index is 5.56. The molecule has 1 N–H and O–H groups in total. The fraction of sp³-hybridized carbons (Fsp3) is 0.368. The van der Waals surface area contributed by atoms with Gasteiger partial charge in [-0.25, -0.2) is 0 Å². The van der Waals surface area contributed by atoms with E-state index < -0.39 is 0 Å². The van der Waals surface area contributed by atoms with Gasteiger partial charge in [0.1, 0.15) is 5.75 Å². The zero-order valence-electron chi connectivity index (χ0n) is 12.7. The molecule has 0 heterocycles. The molecule has 0 atom stereocenters. The summed E-state index contributed by atoms with van der Waals surface area (Å²) in [6.45, 7) is 3.57. The smallest absolute Gasteiger partial charge is 0.119 e. The first-order chi connectivity index (χ1) is 10.4. The van der Waals surface area contributed by atoms with Crippen molar-refractivity contribution in [3.63, 3.8) is 0 Å². The number of rotatable bonds is 5. The van der Waals surface area contributed by atoms with Gasteiger partial charge in [-0.1, -0.05) is 24.3 Å². The predicted molar refractivity (Wildman–Crippen MR) is 88.0 cm³/mol. The standard InChI is InChI=1S/C19H23NO/c1-2-21-17-10-5-7-15(13-17)14-20-19-12-6-9-16-8-3-4-11-18(16)19/h5-7,9-10,12-13,20H,2-4,8,11,14H2,1H3. The van der Waals surface area contributed by atoms with Gasteiger partial charge in [0.2, 0.25) is 0 Å². The molecule has 0 aliphatic heterocycles. The van der Waals surface area contributed by atoms with Gasteiger partial charge in [-0.2, -0.15) is 0 Å². The second kappa shape index (κ2) is 6.66. The molecule has 1 aliphatic carbocycles. The van der Waals surface area contributed by atoms with Crippen molar-refractivity contribution in [1.29, 1.82) is 0 Å². The van der Waals surface area contributed by atoms with E-state index in [4.69, 9.17) is 4.74 Å². The number of hydrogen-bond acceptors (Lipinski definition) is 2. The Bertz CT molecular complexity index is 606. The van der Waals surface area contributed by atoms with Gasteiger partial charge >= 0.3 is 0 Å². The van der Waals surface area contributed by atoms with Crippen LogP contribution in [0.3, 0.4) is 0 Å². The number of hydrogen-bond donors (Lipinski definition) is 1. The van der Waals surface area contributed by atoms with Crippen LogP contribution in [0.2, 0.25) is 0 Å². The van der Waals surface area contributed by atoms with Crippen LogP contribution < -0.4 is 10.1 Å². The molecule has 2 nitrogen and oxygen atoms in total. The van der Waals surface area contributed by atoms with Gasteiger partial charge in [0.25, 0.3) is 0 Å². The van der Waals surface area contributed by atoms with E-state index >= 15 is 0 Å². The molecule has 0 unspecified atom stereocenters. The zero-order valence-corrected chi connectivity index (χ0v) is 12.7. The molecule has 0 radical (unpaired) electrons. The third kappa shape index (κ3) is 3.38. The molecule has 0 saturated heterocycles. The largest absolute Gasteiger partial charge is 0.494 e. The van der Waals surface area contributed by atoms with E-state index in [1.165, 1.54) is 48.1 Å². The topological polar surface area (TPSA) is 21.3 Å². The summed E-state index contributed by atoms with van der Waals surface area (Å²) in [5, 5.41) is 3.60. The SMILES string of the molecule is CCOc1cccc(CNc2cccc3c2CCCC3)c1. The normalized spacial score (nSPS) is 13.6. The average Bonchev–Trinajstić information content (AvgIpc) is 2.53. The summed E-state index contributed by atoms with van der Waals surface area (Å²) in [4.78, 5) is 0. The maximum atomic E-state index is 5.56. The molecular weight excluding hydrogens is 258 g/mol. The first kappa shape index (κ1) is 14.0. The summed E-state index contributed by atoms with van der Waals surface area (Å²) in [5.41, 5.74) is 5.60. The summed E-state index contributed by atoms with van der Waals surface area (Å²) >= 11 is 0. The Morgan fingerprint density at radius 1 is 1.05 bits per heavy atom. The molecule has 2 heteroatoms. The molecule has 3 rings (SSSR count). The molecule has 0 spiro atoms. The Morgan fingerprint density at radius 2 is 1.90 bits per heavy atom. The van der Waals surface area contributed by atoms with E-state index in [0.717, 1.165) is 12.3 Å². The van der Waals surface area contributed by atoms with Crippen molar-refractivity contribution in [3.05, 3.63) is 59.2 Å². The summed E-state index contributed by atoms with van der Waals surface area (Å²) in [6, 6.07) is 15.0. The third-order valence-corrected chi connectivity index (χ3v) is 4.09. The Balaban J connectivity index is 1.72. The highest BCUT2D eigenvalue weighted by Gasteiger charge is 2.12. The second-order valence-electron chi connectivity index (χ2n) is 5.58. The quantitative estimate of drug-likeness (QED) is 0.866. The highest BCUT2D eigenvalue weighted by Crippen LogP contribution is 2.28. The van der Waals surface area contributed by atoms with Crippen molar-refractivity contribution in [2.75, 3.05) is 11.9 Å². The highest BCUT2D eigenvalue weighted by atomic mass is 16.5. The number of fused-ring (bicyclic) bond motifs is 1. The number of anilines is 1. The molecule has 0 aromatic heterocycles. The van der Waals surface area contributed by atoms with Gasteiger partial charge in [-0.3, -0.25) is 0 Å². The molecule has 21 heavy (non-hydrogen) atoms. The van der Waals surface area contributed by atoms with Crippen molar-refractivity contribution in [1.82, 2.24) is 0 Å². The van der Waals surface area contributed by atoms with Crippen LogP contribution in [-0.4, -0.2) is 6.61 Å². The fourth-order valence-corrected chi connectivity index (χ4v) is 3.06. The molecule has 2 aromatic carbocycles. The van der Waals surface area contributed by atoms with E-state index in [9.17, 15) is 0 Å². The Labute approximate surface area is 127 Å². The van der Waals surface area contributed by atoms with Crippen molar-refractivity contribution in [2.24, 2.45) is 0 Å². The van der Waals surface area contributed by atoms with Gasteiger partial charge < -0.3 is 10.1 Å². The van der Waals surface area contributed by atoms with E-state index in [2.05, 4.69) is 41.7 Å². The average molecular weight is 281 g/mol. The van der Waals surface area contributed by atoms with Crippen molar-refractivity contribution >= 4 is 5.69 Å². The number of nitrogens with one attached hydrogen (secondary N) is 1. The lowest BCUT2D eigenvalue weighted by molar-refractivity contribution is 0.340. The third-order valence-electron chi connectivity index (χ3n) is 4.09. The van der Waals surface area contributed by atoms with Crippen LogP contribution in [-0.2, 0) is 19.4 Å². The second-order valence-corrected chi connectivity index (χ2v) is 5.58. The van der Waals surface area contributed by atoms with E-state index in [1.807, 2.05) is 13.0 Å². The lowest BCUT2D eigenvalue weighted by Gasteiger charge is -2.20. The zero-order chi connectivity index (χ0) is 14.5. The molecular formula is C19H23NO. The van der Waals surface area contributed by atoms with Crippen LogP contribution in [0, 0.1) is 0 Å². The van der Waals surface area contributed by atoms with Gasteiger partial charge in [0.05, 0.1) is 6.61 Å². The van der Waals surface area contributed by atoms with Crippen LogP contribution in [0.1, 0.15) is 36.5 Å². The van der Waals surface area contributed by atoms with Gasteiger partial charge in [-0.15, -0.1) is 0 Å². The van der Waals surface area contributed by atoms with Crippen LogP contribution in [0.4, 0.5) is 5.69 Å². The molecule has 0 saturated carbocycles. The fourth-order valence-electron chi connectivity index (χ4n) is 3.06. The summed E-state index contributed by atoms with van der Waals surface area (Å²) < 4.78 is 5.56. The number of aryl methyl sites for hydroxylation is 1. The Kier molecular flexibility index (Phi) is 4.44. The minimum Gasteiger partial charge on any atom is -0.494 e.